The van der Waals surface area contributed by atoms with Crippen LogP contribution in [0.3, 0.4) is 0 Å². The van der Waals surface area contributed by atoms with Gasteiger partial charge in [-0.2, -0.15) is 0 Å². The van der Waals surface area contributed by atoms with Crippen molar-refractivity contribution in [2.45, 2.75) is 200 Å². The molecule has 9 nitrogen and oxygen atoms in total. The predicted octanol–water partition coefficient (Wildman–Crippen LogP) is 10.0. The van der Waals surface area contributed by atoms with Crippen LogP contribution in [-0.4, -0.2) is 60.1 Å². The Morgan fingerprint density at radius 3 is 1.35 bits per heavy atom. The molecule has 48 heavy (non-hydrogen) atoms. The molecule has 0 aromatic carbocycles. The first kappa shape index (κ1) is 45.2. The molecule has 0 aromatic heterocycles. The quantitative estimate of drug-likeness (QED) is 0.0291. The molecule has 0 bridgehead atoms. The number of hydrogen-bond acceptors (Lipinski definition) is 9. The average molecular weight is 705 g/mol. The molecule has 1 rings (SSSR count). The number of carbonyl (C=O) groups excluding carboxylic acids is 2. The number of ketones is 1. The van der Waals surface area contributed by atoms with Crippen molar-refractivity contribution in [3.63, 3.8) is 0 Å². The average Bonchev–Trinajstić information content (AvgIpc) is 3.36. The van der Waals surface area contributed by atoms with Crippen LogP contribution in [0, 0.1) is 11.8 Å². The van der Waals surface area contributed by atoms with E-state index >= 15 is 0 Å². The van der Waals surface area contributed by atoms with Gasteiger partial charge in [0.05, 0.1) is 19.8 Å². The second-order valence-corrected chi connectivity index (χ2v) is 15.7. The van der Waals surface area contributed by atoms with E-state index in [9.17, 15) is 24.4 Å². The van der Waals surface area contributed by atoms with Gasteiger partial charge in [0.2, 0.25) is 11.9 Å². The second-order valence-electron chi connectivity index (χ2n) is 14.1. The van der Waals surface area contributed by atoms with Crippen molar-refractivity contribution in [3.8, 4) is 0 Å². The summed E-state index contributed by atoms with van der Waals surface area (Å²) in [7, 11) is -4.38. The van der Waals surface area contributed by atoms with Crippen molar-refractivity contribution in [2.75, 3.05) is 19.8 Å². The summed E-state index contributed by atoms with van der Waals surface area (Å²) >= 11 is 0. The summed E-state index contributed by atoms with van der Waals surface area (Å²) in [6.45, 7) is 8.32. The number of rotatable bonds is 34. The van der Waals surface area contributed by atoms with E-state index in [1.54, 1.807) is 0 Å². The zero-order chi connectivity index (χ0) is 35.5. The van der Waals surface area contributed by atoms with Crippen LogP contribution in [0.1, 0.15) is 182 Å². The lowest BCUT2D eigenvalue weighted by atomic mass is 9.95. The first-order valence-corrected chi connectivity index (χ1v) is 21.3. The Morgan fingerprint density at radius 1 is 0.625 bits per heavy atom. The molecule has 0 saturated carbocycles. The van der Waals surface area contributed by atoms with Gasteiger partial charge in [0.15, 0.2) is 6.10 Å². The monoisotopic (exact) mass is 704 g/mol. The molecule has 0 aliphatic carbocycles. The Kier molecular flexibility index (Phi) is 27.1. The molecule has 1 heterocycles. The summed E-state index contributed by atoms with van der Waals surface area (Å²) in [4.78, 5) is 25.7. The Labute approximate surface area is 293 Å². The SMILES string of the molecule is CCCCCCCCC(CCCCCC)COP(=O)(OCC(CCCCCC)CCCCCCCC)OC1C(=O)O[C@H](C(O)CO)C1=O. The number of unbranched alkanes of at least 4 members (excludes halogenated alkanes) is 16. The number of aliphatic hydroxyl groups is 2. The van der Waals surface area contributed by atoms with E-state index in [4.69, 9.17) is 18.3 Å². The lowest BCUT2D eigenvalue weighted by Gasteiger charge is -2.25. The van der Waals surface area contributed by atoms with Crippen molar-refractivity contribution in [2.24, 2.45) is 11.8 Å². The van der Waals surface area contributed by atoms with Gasteiger partial charge in [0, 0.05) is 0 Å². The summed E-state index contributed by atoms with van der Waals surface area (Å²) in [5.74, 6) is -1.65. The number of phosphoric acid groups is 1. The molecule has 1 aliphatic rings. The minimum absolute atomic E-state index is 0.148. The number of hydrogen-bond donors (Lipinski definition) is 2. The summed E-state index contributed by atoms with van der Waals surface area (Å²) in [6.07, 6.45) is 21.9. The van der Waals surface area contributed by atoms with E-state index in [-0.39, 0.29) is 25.0 Å². The van der Waals surface area contributed by atoms with Gasteiger partial charge >= 0.3 is 13.8 Å². The first-order valence-electron chi connectivity index (χ1n) is 19.9. The van der Waals surface area contributed by atoms with E-state index in [0.29, 0.717) is 0 Å². The Balaban J connectivity index is 3.06. The molecule has 5 atom stereocenters. The van der Waals surface area contributed by atoms with Crippen LogP contribution in [0.15, 0.2) is 0 Å². The molecule has 0 aromatic rings. The molecule has 2 N–H and O–H groups in total. The Bertz CT molecular complexity index is 814. The van der Waals surface area contributed by atoms with E-state index < -0.39 is 44.5 Å². The second kappa shape index (κ2) is 28.8. The highest BCUT2D eigenvalue weighted by atomic mass is 31.2. The maximum absolute atomic E-state index is 14.3. The van der Waals surface area contributed by atoms with Crippen LogP contribution in [0.25, 0.3) is 0 Å². The van der Waals surface area contributed by atoms with Crippen LogP contribution in [0.4, 0.5) is 0 Å². The standard InChI is InChI=1S/C38H73O9P/c1-5-9-13-17-19-23-27-32(25-21-15-11-7-3)30-44-48(43,47-37-35(41)36(34(40)29-39)46-38(37)42)45-31-33(26-22-16-12-8-4)28-24-20-18-14-10-6-2/h32-34,36-37,39-40H,5-31H2,1-4H3/t32?,33?,34?,36-,37?,48?/m1/s1. The van der Waals surface area contributed by atoms with Crippen LogP contribution in [0.5, 0.6) is 0 Å². The topological polar surface area (TPSA) is 129 Å². The summed E-state index contributed by atoms with van der Waals surface area (Å²) in [5.41, 5.74) is 0. The third kappa shape index (κ3) is 20.1. The molecular formula is C38H73O9P. The molecule has 0 amide bonds. The van der Waals surface area contributed by atoms with E-state index in [1.165, 1.54) is 64.2 Å². The van der Waals surface area contributed by atoms with E-state index in [2.05, 4.69) is 27.7 Å². The van der Waals surface area contributed by atoms with Gasteiger partial charge in [-0.3, -0.25) is 18.4 Å². The number of aliphatic hydroxyl groups excluding tert-OH is 2. The number of phosphoric ester groups is 1. The van der Waals surface area contributed by atoms with E-state index in [1.807, 2.05) is 0 Å². The van der Waals surface area contributed by atoms with Gasteiger partial charge in [-0.15, -0.1) is 0 Å². The Hall–Kier alpha value is -0.830. The number of Topliss-reactive ketones (excluding diaryl/α,β-unsaturated/α-hetero) is 1. The fraction of sp³-hybridized carbons (Fsp3) is 0.947. The van der Waals surface area contributed by atoms with Crippen molar-refractivity contribution >= 4 is 19.6 Å². The maximum atomic E-state index is 14.3. The zero-order valence-corrected chi connectivity index (χ0v) is 32.1. The summed E-state index contributed by atoms with van der Waals surface area (Å²) < 4.78 is 37.1. The van der Waals surface area contributed by atoms with Crippen LogP contribution in [-0.2, 0) is 32.5 Å². The highest BCUT2D eigenvalue weighted by Gasteiger charge is 2.51. The fourth-order valence-corrected chi connectivity index (χ4v) is 7.79. The zero-order valence-electron chi connectivity index (χ0n) is 31.2. The largest absolute Gasteiger partial charge is 0.476 e. The first-order chi connectivity index (χ1) is 23.2. The number of esters is 1. The number of ether oxygens (including phenoxy) is 1. The van der Waals surface area contributed by atoms with Gasteiger partial charge in [-0.1, -0.05) is 156 Å². The van der Waals surface area contributed by atoms with Crippen molar-refractivity contribution in [1.82, 2.24) is 0 Å². The van der Waals surface area contributed by atoms with Crippen molar-refractivity contribution in [1.29, 1.82) is 0 Å². The lowest BCUT2D eigenvalue weighted by Crippen LogP contribution is -2.37. The highest BCUT2D eigenvalue weighted by Crippen LogP contribution is 2.53. The van der Waals surface area contributed by atoms with Crippen LogP contribution >= 0.6 is 7.82 Å². The molecule has 1 saturated heterocycles. The van der Waals surface area contributed by atoms with Crippen molar-refractivity contribution < 1.29 is 42.7 Å². The third-order valence-electron chi connectivity index (χ3n) is 9.57. The normalized spacial score (nSPS) is 19.7. The molecule has 0 spiro atoms. The summed E-state index contributed by atoms with van der Waals surface area (Å²) in [6, 6.07) is 0. The molecule has 0 radical (unpaired) electrons. The number of carbonyl (C=O) groups is 2. The molecule has 1 fully saturated rings. The molecule has 4 unspecified atom stereocenters. The van der Waals surface area contributed by atoms with Gasteiger partial charge in [0.1, 0.15) is 6.10 Å². The van der Waals surface area contributed by atoms with Gasteiger partial charge in [-0.25, -0.2) is 9.36 Å². The third-order valence-corrected chi connectivity index (χ3v) is 11.0. The lowest BCUT2D eigenvalue weighted by molar-refractivity contribution is -0.151. The van der Waals surface area contributed by atoms with Crippen LogP contribution < -0.4 is 0 Å². The molecule has 1 aliphatic heterocycles. The van der Waals surface area contributed by atoms with Crippen molar-refractivity contribution in [3.05, 3.63) is 0 Å². The fourth-order valence-electron chi connectivity index (χ4n) is 6.36. The molecular weight excluding hydrogens is 631 g/mol. The van der Waals surface area contributed by atoms with E-state index in [0.717, 1.165) is 89.9 Å². The predicted molar refractivity (Wildman–Crippen MR) is 193 cm³/mol. The van der Waals surface area contributed by atoms with Crippen LogP contribution in [0.2, 0.25) is 0 Å². The summed E-state index contributed by atoms with van der Waals surface area (Å²) in [5, 5.41) is 19.4. The molecule has 10 heteroatoms. The van der Waals surface area contributed by atoms with Gasteiger partial charge < -0.3 is 14.9 Å². The smallest absolute Gasteiger partial charge is 0.449 e. The minimum atomic E-state index is -4.38. The highest BCUT2D eigenvalue weighted by molar-refractivity contribution is 7.48. The molecule has 284 valence electrons. The number of cyclic esters (lactones) is 1. The van der Waals surface area contributed by atoms with Gasteiger partial charge in [0.25, 0.3) is 0 Å². The van der Waals surface area contributed by atoms with Gasteiger partial charge in [-0.05, 0) is 37.5 Å². The minimum Gasteiger partial charge on any atom is -0.449 e. The maximum Gasteiger partial charge on any atom is 0.476 e. The Morgan fingerprint density at radius 2 is 0.979 bits per heavy atom.